The first-order valence-corrected chi connectivity index (χ1v) is 7.04. The van der Waals surface area contributed by atoms with Gasteiger partial charge in [0.15, 0.2) is 0 Å². The lowest BCUT2D eigenvalue weighted by Gasteiger charge is -2.26. The summed E-state index contributed by atoms with van der Waals surface area (Å²) in [5, 5.41) is 0. The molecular weight excluding hydrogens is 254 g/mol. The maximum atomic E-state index is 3.93. The van der Waals surface area contributed by atoms with E-state index in [0.717, 1.165) is 17.1 Å². The molecule has 2 aromatic rings. The van der Waals surface area contributed by atoms with Crippen molar-refractivity contribution < 1.29 is 0 Å². The Hall–Kier alpha value is -2.54. The monoisotopic (exact) mass is 275 g/mol. The molecule has 2 rings (SSSR count). The van der Waals surface area contributed by atoms with Gasteiger partial charge in [-0.3, -0.25) is 0 Å². The normalized spacial score (nSPS) is 11.0. The highest BCUT2D eigenvalue weighted by Gasteiger charge is 2.11. The number of rotatable bonds is 5. The molecule has 0 unspecified atom stereocenters. The van der Waals surface area contributed by atoms with E-state index in [4.69, 9.17) is 0 Å². The number of hydrogen-bond donors (Lipinski definition) is 0. The van der Waals surface area contributed by atoms with Gasteiger partial charge in [0, 0.05) is 17.1 Å². The van der Waals surface area contributed by atoms with Gasteiger partial charge >= 0.3 is 0 Å². The van der Waals surface area contributed by atoms with E-state index in [1.807, 2.05) is 12.2 Å². The van der Waals surface area contributed by atoms with Crippen LogP contribution >= 0.6 is 0 Å². The fourth-order valence-electron chi connectivity index (χ4n) is 2.19. The second kappa shape index (κ2) is 6.76. The Morgan fingerprint density at radius 3 is 1.57 bits per heavy atom. The molecule has 2 aromatic carbocycles. The average Bonchev–Trinajstić information content (AvgIpc) is 2.50. The standard InChI is InChI=1S/C20H21N/c1-5-7-18(6-2)21(19-12-8-16(3)9-13-19)20-14-10-17(4)11-15-20/h5-15H,1-2H2,3-4H3/b18-7+. The minimum atomic E-state index is 0.998. The molecule has 1 heteroatoms. The predicted octanol–water partition coefficient (Wildman–Crippen LogP) is 5.70. The Labute approximate surface area is 127 Å². The van der Waals surface area contributed by atoms with E-state index in [2.05, 4.69) is 80.4 Å². The quantitative estimate of drug-likeness (QED) is 0.633. The smallest absolute Gasteiger partial charge is 0.0461 e. The Bertz CT molecular complexity index is 600. The predicted molar refractivity (Wildman–Crippen MR) is 93.0 cm³/mol. The number of aryl methyl sites for hydroxylation is 2. The molecular formula is C20H21N. The highest BCUT2D eigenvalue weighted by molar-refractivity contribution is 5.70. The maximum Gasteiger partial charge on any atom is 0.0461 e. The highest BCUT2D eigenvalue weighted by atomic mass is 15.1. The van der Waals surface area contributed by atoms with Crippen molar-refractivity contribution in [3.8, 4) is 0 Å². The van der Waals surface area contributed by atoms with Gasteiger partial charge in [-0.15, -0.1) is 0 Å². The summed E-state index contributed by atoms with van der Waals surface area (Å²) in [5.41, 5.74) is 5.71. The van der Waals surface area contributed by atoms with Crippen molar-refractivity contribution in [1.29, 1.82) is 0 Å². The molecule has 0 aliphatic carbocycles. The molecule has 0 atom stereocenters. The molecule has 0 heterocycles. The number of allylic oxidation sites excluding steroid dienone is 3. The van der Waals surface area contributed by atoms with Gasteiger partial charge in [0.2, 0.25) is 0 Å². The zero-order valence-electron chi connectivity index (χ0n) is 12.7. The lowest BCUT2D eigenvalue weighted by atomic mass is 10.1. The summed E-state index contributed by atoms with van der Waals surface area (Å²) >= 11 is 0. The van der Waals surface area contributed by atoms with Crippen LogP contribution in [0.1, 0.15) is 11.1 Å². The molecule has 0 fully saturated rings. The second-order valence-corrected chi connectivity index (χ2v) is 5.04. The van der Waals surface area contributed by atoms with Crippen LogP contribution in [0, 0.1) is 13.8 Å². The third kappa shape index (κ3) is 3.51. The fourth-order valence-corrected chi connectivity index (χ4v) is 2.19. The molecule has 0 amide bonds. The molecule has 0 spiro atoms. The third-order valence-corrected chi connectivity index (χ3v) is 3.34. The van der Waals surface area contributed by atoms with Crippen LogP contribution in [0.4, 0.5) is 11.4 Å². The fraction of sp³-hybridized carbons (Fsp3) is 0.100. The third-order valence-electron chi connectivity index (χ3n) is 3.34. The number of anilines is 2. The molecule has 0 bridgehead atoms. The zero-order chi connectivity index (χ0) is 15.2. The first-order chi connectivity index (χ1) is 10.2. The Balaban J connectivity index is 2.55. The van der Waals surface area contributed by atoms with Crippen molar-refractivity contribution in [3.63, 3.8) is 0 Å². The van der Waals surface area contributed by atoms with E-state index in [1.165, 1.54) is 11.1 Å². The van der Waals surface area contributed by atoms with Gasteiger partial charge in [-0.25, -0.2) is 0 Å². The number of hydrogen-bond acceptors (Lipinski definition) is 1. The Morgan fingerprint density at radius 2 is 1.24 bits per heavy atom. The van der Waals surface area contributed by atoms with E-state index >= 15 is 0 Å². The summed E-state index contributed by atoms with van der Waals surface area (Å²) in [5.74, 6) is 0. The van der Waals surface area contributed by atoms with Crippen LogP contribution in [0.15, 0.2) is 85.6 Å². The van der Waals surface area contributed by atoms with Gasteiger partial charge in [-0.2, -0.15) is 0 Å². The SMILES string of the molecule is C=C/C=C(\C=C)N(c1ccc(C)cc1)c1ccc(C)cc1. The van der Waals surface area contributed by atoms with Crippen molar-refractivity contribution >= 4 is 11.4 Å². The van der Waals surface area contributed by atoms with Crippen molar-refractivity contribution in [3.05, 3.63) is 96.7 Å². The molecule has 1 nitrogen and oxygen atoms in total. The van der Waals surface area contributed by atoms with Crippen molar-refractivity contribution in [2.45, 2.75) is 13.8 Å². The van der Waals surface area contributed by atoms with Gasteiger partial charge in [-0.05, 0) is 50.3 Å². The van der Waals surface area contributed by atoms with Crippen LogP contribution in [0.2, 0.25) is 0 Å². The van der Waals surface area contributed by atoms with Gasteiger partial charge < -0.3 is 4.90 Å². The van der Waals surface area contributed by atoms with Crippen molar-refractivity contribution in [2.24, 2.45) is 0 Å². The minimum absolute atomic E-state index is 0.998. The van der Waals surface area contributed by atoms with Gasteiger partial charge in [0.1, 0.15) is 0 Å². The molecule has 0 saturated heterocycles. The van der Waals surface area contributed by atoms with E-state index in [1.54, 1.807) is 6.08 Å². The lowest BCUT2D eigenvalue weighted by Crippen LogP contribution is -2.14. The molecule has 0 aliphatic heterocycles. The van der Waals surface area contributed by atoms with E-state index in [0.29, 0.717) is 0 Å². The molecule has 0 aliphatic rings. The highest BCUT2D eigenvalue weighted by Crippen LogP contribution is 2.30. The second-order valence-electron chi connectivity index (χ2n) is 5.04. The zero-order valence-corrected chi connectivity index (χ0v) is 12.7. The number of nitrogens with zero attached hydrogens (tertiary/aromatic N) is 1. The lowest BCUT2D eigenvalue weighted by molar-refractivity contribution is 1.20. The van der Waals surface area contributed by atoms with E-state index in [-0.39, 0.29) is 0 Å². The van der Waals surface area contributed by atoms with Gasteiger partial charge in [0.05, 0.1) is 0 Å². The molecule has 21 heavy (non-hydrogen) atoms. The topological polar surface area (TPSA) is 3.24 Å². The molecule has 106 valence electrons. The number of benzene rings is 2. The molecule has 0 radical (unpaired) electrons. The summed E-state index contributed by atoms with van der Waals surface area (Å²) in [6, 6.07) is 16.9. The molecule has 0 aromatic heterocycles. The van der Waals surface area contributed by atoms with Crippen LogP contribution < -0.4 is 4.90 Å². The van der Waals surface area contributed by atoms with Crippen LogP contribution in [-0.4, -0.2) is 0 Å². The van der Waals surface area contributed by atoms with E-state index in [9.17, 15) is 0 Å². The van der Waals surface area contributed by atoms with Crippen molar-refractivity contribution in [2.75, 3.05) is 4.90 Å². The van der Waals surface area contributed by atoms with Crippen LogP contribution in [0.25, 0.3) is 0 Å². The summed E-state index contributed by atoms with van der Waals surface area (Å²) in [4.78, 5) is 2.17. The minimum Gasteiger partial charge on any atom is -0.311 e. The Morgan fingerprint density at radius 1 is 0.810 bits per heavy atom. The summed E-state index contributed by atoms with van der Waals surface area (Å²) in [6.07, 6.45) is 5.60. The summed E-state index contributed by atoms with van der Waals surface area (Å²) in [7, 11) is 0. The van der Waals surface area contributed by atoms with Crippen LogP contribution in [-0.2, 0) is 0 Å². The van der Waals surface area contributed by atoms with E-state index < -0.39 is 0 Å². The first-order valence-electron chi connectivity index (χ1n) is 7.04. The molecule has 0 N–H and O–H groups in total. The average molecular weight is 275 g/mol. The summed E-state index contributed by atoms with van der Waals surface area (Å²) < 4.78 is 0. The van der Waals surface area contributed by atoms with Gasteiger partial charge in [0.25, 0.3) is 0 Å². The van der Waals surface area contributed by atoms with Crippen molar-refractivity contribution in [1.82, 2.24) is 0 Å². The molecule has 0 saturated carbocycles. The first kappa shape index (κ1) is 14.9. The van der Waals surface area contributed by atoms with Crippen LogP contribution in [0.5, 0.6) is 0 Å². The largest absolute Gasteiger partial charge is 0.311 e. The Kier molecular flexibility index (Phi) is 4.78. The van der Waals surface area contributed by atoms with Crippen LogP contribution in [0.3, 0.4) is 0 Å². The summed E-state index contributed by atoms with van der Waals surface area (Å²) in [6.45, 7) is 11.9. The van der Waals surface area contributed by atoms with Gasteiger partial charge in [-0.1, -0.05) is 54.6 Å². The maximum absolute atomic E-state index is 3.93.